The molecular formula is C16H23N3O. The maximum Gasteiger partial charge on any atom is 0.140 e. The first-order valence-corrected chi connectivity index (χ1v) is 7.08. The van der Waals surface area contributed by atoms with E-state index in [2.05, 4.69) is 18.8 Å². The van der Waals surface area contributed by atoms with Gasteiger partial charge in [-0.05, 0) is 12.3 Å². The van der Waals surface area contributed by atoms with Crippen LogP contribution in [-0.4, -0.2) is 27.3 Å². The molecule has 2 unspecified atom stereocenters. The highest BCUT2D eigenvalue weighted by Gasteiger charge is 2.22. The van der Waals surface area contributed by atoms with Crippen LogP contribution >= 0.6 is 0 Å². The van der Waals surface area contributed by atoms with Crippen molar-refractivity contribution < 1.29 is 5.11 Å². The van der Waals surface area contributed by atoms with Gasteiger partial charge in [-0.2, -0.15) is 0 Å². The van der Waals surface area contributed by atoms with E-state index in [0.717, 1.165) is 17.8 Å². The van der Waals surface area contributed by atoms with E-state index in [9.17, 15) is 5.11 Å². The van der Waals surface area contributed by atoms with Gasteiger partial charge in [0.2, 0.25) is 0 Å². The zero-order chi connectivity index (χ0) is 14.5. The third-order valence-electron chi connectivity index (χ3n) is 3.48. The first-order chi connectivity index (χ1) is 9.63. The zero-order valence-electron chi connectivity index (χ0n) is 12.1. The van der Waals surface area contributed by atoms with Gasteiger partial charge in [-0.25, -0.2) is 4.98 Å². The summed E-state index contributed by atoms with van der Waals surface area (Å²) in [5, 5.41) is 9.72. The van der Waals surface area contributed by atoms with Gasteiger partial charge in [-0.3, -0.25) is 0 Å². The first kappa shape index (κ1) is 14.8. The van der Waals surface area contributed by atoms with Gasteiger partial charge in [0.05, 0.1) is 12.6 Å². The third kappa shape index (κ3) is 3.26. The SMILES string of the molecule is CC(C)CC(N)C(CO)n1ccnc1-c1ccccc1. The van der Waals surface area contributed by atoms with Crippen molar-refractivity contribution in [2.75, 3.05) is 6.61 Å². The van der Waals surface area contributed by atoms with Gasteiger partial charge in [-0.1, -0.05) is 44.2 Å². The molecule has 1 aromatic heterocycles. The highest BCUT2D eigenvalue weighted by atomic mass is 16.3. The summed E-state index contributed by atoms with van der Waals surface area (Å²) in [4.78, 5) is 4.41. The van der Waals surface area contributed by atoms with E-state index in [-0.39, 0.29) is 18.7 Å². The number of rotatable bonds is 6. The van der Waals surface area contributed by atoms with E-state index < -0.39 is 0 Å². The Morgan fingerprint density at radius 3 is 2.55 bits per heavy atom. The van der Waals surface area contributed by atoms with Crippen LogP contribution in [-0.2, 0) is 0 Å². The number of imidazole rings is 1. The third-order valence-corrected chi connectivity index (χ3v) is 3.48. The van der Waals surface area contributed by atoms with Crippen LogP contribution in [0.2, 0.25) is 0 Å². The Balaban J connectivity index is 2.30. The molecule has 0 aliphatic rings. The molecule has 2 rings (SSSR count). The summed E-state index contributed by atoms with van der Waals surface area (Å²) in [5.41, 5.74) is 7.29. The fourth-order valence-corrected chi connectivity index (χ4v) is 2.52. The monoisotopic (exact) mass is 273 g/mol. The van der Waals surface area contributed by atoms with E-state index in [0.29, 0.717) is 5.92 Å². The lowest BCUT2D eigenvalue weighted by Crippen LogP contribution is -2.35. The Bertz CT molecular complexity index is 522. The molecule has 4 nitrogen and oxygen atoms in total. The second-order valence-corrected chi connectivity index (χ2v) is 5.57. The van der Waals surface area contributed by atoms with E-state index in [4.69, 9.17) is 5.73 Å². The number of aliphatic hydroxyl groups excluding tert-OH is 1. The van der Waals surface area contributed by atoms with Crippen LogP contribution in [0.15, 0.2) is 42.7 Å². The summed E-state index contributed by atoms with van der Waals surface area (Å²) in [6.45, 7) is 4.30. The molecule has 108 valence electrons. The van der Waals surface area contributed by atoms with Crippen LogP contribution in [0.25, 0.3) is 11.4 Å². The van der Waals surface area contributed by atoms with Crippen LogP contribution in [0.5, 0.6) is 0 Å². The topological polar surface area (TPSA) is 64.1 Å². The Labute approximate surface area is 120 Å². The maximum absolute atomic E-state index is 9.72. The molecule has 0 spiro atoms. The molecular weight excluding hydrogens is 250 g/mol. The lowest BCUT2D eigenvalue weighted by atomic mass is 9.98. The highest BCUT2D eigenvalue weighted by Crippen LogP contribution is 2.24. The van der Waals surface area contributed by atoms with Crippen molar-refractivity contribution >= 4 is 0 Å². The number of hydrogen-bond donors (Lipinski definition) is 2. The van der Waals surface area contributed by atoms with Gasteiger partial charge in [-0.15, -0.1) is 0 Å². The molecule has 20 heavy (non-hydrogen) atoms. The van der Waals surface area contributed by atoms with Gasteiger partial charge >= 0.3 is 0 Å². The molecule has 2 atom stereocenters. The molecule has 1 aromatic carbocycles. The van der Waals surface area contributed by atoms with E-state index in [1.165, 1.54) is 0 Å². The smallest absolute Gasteiger partial charge is 0.140 e. The largest absolute Gasteiger partial charge is 0.394 e. The summed E-state index contributed by atoms with van der Waals surface area (Å²) in [6.07, 6.45) is 4.52. The molecule has 0 aliphatic heterocycles. The molecule has 1 heterocycles. The van der Waals surface area contributed by atoms with Crippen molar-refractivity contribution in [3.63, 3.8) is 0 Å². The lowest BCUT2D eigenvalue weighted by Gasteiger charge is -2.26. The predicted molar refractivity (Wildman–Crippen MR) is 81.2 cm³/mol. The van der Waals surface area contributed by atoms with Gasteiger partial charge in [0.25, 0.3) is 0 Å². The van der Waals surface area contributed by atoms with Gasteiger partial charge in [0, 0.05) is 24.0 Å². The molecule has 2 aromatic rings. The highest BCUT2D eigenvalue weighted by molar-refractivity contribution is 5.55. The van der Waals surface area contributed by atoms with Gasteiger partial charge in [0.1, 0.15) is 5.82 Å². The fraction of sp³-hybridized carbons (Fsp3) is 0.438. The summed E-state index contributed by atoms with van der Waals surface area (Å²) in [5.74, 6) is 1.35. The zero-order valence-corrected chi connectivity index (χ0v) is 12.1. The van der Waals surface area contributed by atoms with Crippen molar-refractivity contribution in [1.82, 2.24) is 9.55 Å². The van der Waals surface area contributed by atoms with Crippen molar-refractivity contribution in [3.05, 3.63) is 42.7 Å². The van der Waals surface area contributed by atoms with Crippen molar-refractivity contribution in [2.24, 2.45) is 11.7 Å². The van der Waals surface area contributed by atoms with Crippen molar-refractivity contribution in [3.8, 4) is 11.4 Å². The minimum Gasteiger partial charge on any atom is -0.394 e. The molecule has 3 N–H and O–H groups in total. The Kier molecular flexibility index (Phi) is 4.93. The first-order valence-electron chi connectivity index (χ1n) is 7.08. The number of nitrogens with two attached hydrogens (primary N) is 1. The van der Waals surface area contributed by atoms with Gasteiger partial charge < -0.3 is 15.4 Å². The quantitative estimate of drug-likeness (QED) is 0.849. The maximum atomic E-state index is 9.72. The van der Waals surface area contributed by atoms with Crippen LogP contribution in [0.4, 0.5) is 0 Å². The molecule has 0 bridgehead atoms. The molecule has 0 saturated heterocycles. The van der Waals surface area contributed by atoms with E-state index in [1.54, 1.807) is 6.20 Å². The standard InChI is InChI=1S/C16H23N3O/c1-12(2)10-14(17)15(11-20)19-9-8-18-16(19)13-6-4-3-5-7-13/h3-9,12,14-15,20H,10-11,17H2,1-2H3. The Hall–Kier alpha value is -1.65. The van der Waals surface area contributed by atoms with Crippen LogP contribution in [0.3, 0.4) is 0 Å². The minimum absolute atomic E-state index is 0.0179. The normalized spacial score (nSPS) is 14.4. The lowest BCUT2D eigenvalue weighted by molar-refractivity contribution is 0.198. The van der Waals surface area contributed by atoms with Gasteiger partial charge in [0.15, 0.2) is 0 Å². The average molecular weight is 273 g/mol. The van der Waals surface area contributed by atoms with Crippen molar-refractivity contribution in [2.45, 2.75) is 32.4 Å². The molecule has 0 amide bonds. The summed E-state index contributed by atoms with van der Waals surface area (Å²) in [7, 11) is 0. The van der Waals surface area contributed by atoms with E-state index >= 15 is 0 Å². The number of aromatic nitrogens is 2. The number of hydrogen-bond acceptors (Lipinski definition) is 3. The van der Waals surface area contributed by atoms with Crippen molar-refractivity contribution in [1.29, 1.82) is 0 Å². The molecule has 0 saturated carbocycles. The second-order valence-electron chi connectivity index (χ2n) is 5.57. The predicted octanol–water partition coefficient (Wildman–Crippen LogP) is 2.46. The van der Waals surface area contributed by atoms with Crippen LogP contribution in [0.1, 0.15) is 26.3 Å². The average Bonchev–Trinajstić information content (AvgIpc) is 2.89. The summed E-state index contributed by atoms with van der Waals surface area (Å²) in [6, 6.07) is 9.74. The summed E-state index contributed by atoms with van der Waals surface area (Å²) < 4.78 is 1.99. The minimum atomic E-state index is -0.143. The molecule has 0 aliphatic carbocycles. The molecule has 4 heteroatoms. The van der Waals surface area contributed by atoms with Crippen LogP contribution < -0.4 is 5.73 Å². The number of benzene rings is 1. The number of nitrogens with zero attached hydrogens (tertiary/aromatic N) is 2. The molecule has 0 fully saturated rings. The van der Waals surface area contributed by atoms with E-state index in [1.807, 2.05) is 41.1 Å². The fourth-order valence-electron chi connectivity index (χ4n) is 2.52. The Morgan fingerprint density at radius 1 is 1.25 bits per heavy atom. The Morgan fingerprint density at radius 2 is 1.95 bits per heavy atom. The summed E-state index contributed by atoms with van der Waals surface area (Å²) >= 11 is 0. The van der Waals surface area contributed by atoms with Crippen LogP contribution in [0, 0.1) is 5.92 Å². The number of aliphatic hydroxyl groups is 1. The second kappa shape index (κ2) is 6.68. The molecule has 0 radical (unpaired) electrons.